The SMILES string of the molecule is NCC(=O)N1CCc2c1ccc1[nH]c(C(=O)N3CCc4c3ccc3[nH]c(C(=O)N5CCc6c5ccc5[nH]c(C(=O)NCOC(=O)O)cc65)cc43)cc21. The number of rotatable bonds is 6. The standard InChI is InChI=1S/C37H32N8O7/c38-16-33(46)43-10-7-18-22-14-28(41-25(22)1-4-30(18)43)35(48)45-12-9-20-23-15-29(42-26(23)3-6-32(20)45)36(49)44-11-8-19-21-13-27(34(47)39-17-52-37(50)51)40-24(21)2-5-31(19)44/h1-6,13-15,40-42H,7-12,16-17,38H2,(H,39,47)(H,50,51). The predicted molar refractivity (Wildman–Crippen MR) is 192 cm³/mol. The van der Waals surface area contributed by atoms with Crippen LogP contribution >= 0.6 is 0 Å². The Balaban J connectivity index is 0.963. The van der Waals surface area contributed by atoms with E-state index in [1.54, 1.807) is 20.8 Å². The lowest BCUT2D eigenvalue weighted by molar-refractivity contribution is -0.117. The van der Waals surface area contributed by atoms with Crippen molar-refractivity contribution in [2.75, 3.05) is 47.6 Å². The summed E-state index contributed by atoms with van der Waals surface area (Å²) in [6.45, 7) is 0.978. The molecule has 0 fully saturated rings. The molecule has 0 bridgehead atoms. The van der Waals surface area contributed by atoms with Gasteiger partial charge >= 0.3 is 6.16 Å². The molecule has 3 aromatic carbocycles. The fraction of sp³-hybridized carbons (Fsp3) is 0.216. The lowest BCUT2D eigenvalue weighted by Crippen LogP contribution is -2.34. The minimum Gasteiger partial charge on any atom is -0.450 e. The average molecular weight is 701 g/mol. The molecule has 0 unspecified atom stereocenters. The number of benzene rings is 3. The van der Waals surface area contributed by atoms with E-state index < -0.39 is 18.8 Å². The number of aromatic amines is 3. The number of carbonyl (C=O) groups excluding carboxylic acids is 4. The van der Waals surface area contributed by atoms with E-state index in [4.69, 9.17) is 10.8 Å². The second kappa shape index (κ2) is 11.7. The van der Waals surface area contributed by atoms with Crippen LogP contribution in [0.2, 0.25) is 0 Å². The molecule has 0 saturated heterocycles. The molecule has 6 aromatic rings. The smallest absolute Gasteiger partial charge is 0.450 e. The molecule has 3 aliphatic heterocycles. The summed E-state index contributed by atoms with van der Waals surface area (Å²) in [5.41, 5.74) is 14.5. The number of ether oxygens (including phenoxy) is 1. The van der Waals surface area contributed by atoms with Crippen molar-refractivity contribution in [3.63, 3.8) is 0 Å². The van der Waals surface area contributed by atoms with Gasteiger partial charge in [-0.25, -0.2) is 4.79 Å². The number of amides is 4. The largest absolute Gasteiger partial charge is 0.507 e. The van der Waals surface area contributed by atoms with E-state index in [2.05, 4.69) is 25.0 Å². The number of hydrogen-bond donors (Lipinski definition) is 6. The van der Waals surface area contributed by atoms with Crippen LogP contribution in [0.15, 0.2) is 54.6 Å². The van der Waals surface area contributed by atoms with Crippen molar-refractivity contribution in [3.8, 4) is 0 Å². The molecule has 0 aliphatic carbocycles. The Morgan fingerprint density at radius 3 is 1.54 bits per heavy atom. The van der Waals surface area contributed by atoms with Gasteiger partial charge in [-0.1, -0.05) is 0 Å². The summed E-state index contributed by atoms with van der Waals surface area (Å²) in [6, 6.07) is 16.7. The van der Waals surface area contributed by atoms with Crippen LogP contribution in [0.1, 0.15) is 48.2 Å². The van der Waals surface area contributed by atoms with Gasteiger partial charge < -0.3 is 50.5 Å². The summed E-state index contributed by atoms with van der Waals surface area (Å²) in [5.74, 6) is -0.984. The van der Waals surface area contributed by atoms with Gasteiger partial charge in [0.1, 0.15) is 17.1 Å². The zero-order valence-electron chi connectivity index (χ0n) is 27.7. The van der Waals surface area contributed by atoms with Gasteiger partial charge in [0.05, 0.1) is 6.54 Å². The van der Waals surface area contributed by atoms with Gasteiger partial charge in [-0.3, -0.25) is 19.2 Å². The Morgan fingerprint density at radius 2 is 1.08 bits per heavy atom. The van der Waals surface area contributed by atoms with Gasteiger partial charge in [-0.05, 0) is 90.6 Å². The van der Waals surface area contributed by atoms with Crippen molar-refractivity contribution in [3.05, 3.63) is 88.4 Å². The van der Waals surface area contributed by atoms with Gasteiger partial charge in [-0.15, -0.1) is 0 Å². The number of carboxylic acid groups (broad SMARTS) is 1. The van der Waals surface area contributed by atoms with Gasteiger partial charge in [0, 0.05) is 69.4 Å². The average Bonchev–Trinajstić information content (AvgIpc) is 3.98. The van der Waals surface area contributed by atoms with Crippen LogP contribution in [0, 0.1) is 0 Å². The number of hydrogen-bond acceptors (Lipinski definition) is 7. The van der Waals surface area contributed by atoms with Crippen LogP contribution in [0.5, 0.6) is 0 Å². The lowest BCUT2D eigenvalue weighted by atomic mass is 10.1. The van der Waals surface area contributed by atoms with E-state index in [0.717, 1.165) is 66.5 Å². The molecule has 0 spiro atoms. The quantitative estimate of drug-likeness (QED) is 0.111. The third-order valence-corrected chi connectivity index (χ3v) is 10.4. The molecule has 9 rings (SSSR count). The summed E-state index contributed by atoms with van der Waals surface area (Å²) < 4.78 is 4.37. The number of aromatic nitrogens is 3. The fourth-order valence-electron chi connectivity index (χ4n) is 8.03. The van der Waals surface area contributed by atoms with Gasteiger partial charge in [0.25, 0.3) is 17.7 Å². The molecule has 262 valence electrons. The van der Waals surface area contributed by atoms with Gasteiger partial charge in [0.2, 0.25) is 5.91 Å². The monoisotopic (exact) mass is 700 g/mol. The first-order valence-corrected chi connectivity index (χ1v) is 16.9. The van der Waals surface area contributed by atoms with Crippen molar-refractivity contribution in [2.45, 2.75) is 19.3 Å². The second-order valence-corrected chi connectivity index (χ2v) is 13.1. The number of nitrogens with zero attached hydrogens (tertiary/aromatic N) is 3. The lowest BCUT2D eigenvalue weighted by Gasteiger charge is -2.16. The van der Waals surface area contributed by atoms with Crippen molar-refractivity contribution < 1.29 is 33.8 Å². The van der Waals surface area contributed by atoms with Crippen LogP contribution in [-0.2, 0) is 28.8 Å². The highest BCUT2D eigenvalue weighted by molar-refractivity contribution is 6.14. The Morgan fingerprint density at radius 1 is 0.654 bits per heavy atom. The molecule has 4 amide bonds. The molecule has 15 nitrogen and oxygen atoms in total. The van der Waals surface area contributed by atoms with Crippen molar-refractivity contribution in [2.24, 2.45) is 5.73 Å². The fourth-order valence-corrected chi connectivity index (χ4v) is 8.03. The van der Waals surface area contributed by atoms with E-state index in [9.17, 15) is 24.0 Å². The van der Waals surface area contributed by atoms with E-state index >= 15 is 0 Å². The summed E-state index contributed by atoms with van der Waals surface area (Å²) in [6.07, 6.45) is 0.423. The zero-order chi connectivity index (χ0) is 35.8. The van der Waals surface area contributed by atoms with Crippen molar-refractivity contribution in [1.29, 1.82) is 0 Å². The van der Waals surface area contributed by atoms with E-state index in [1.165, 1.54) is 0 Å². The molecule has 3 aliphatic rings. The first kappa shape index (κ1) is 31.4. The van der Waals surface area contributed by atoms with Gasteiger partial charge in [-0.2, -0.15) is 0 Å². The number of nitrogens with one attached hydrogen (secondary N) is 4. The molecular weight excluding hydrogens is 668 g/mol. The van der Waals surface area contributed by atoms with Crippen molar-refractivity contribution >= 4 is 79.6 Å². The highest BCUT2D eigenvalue weighted by Crippen LogP contribution is 2.39. The highest BCUT2D eigenvalue weighted by atomic mass is 16.7. The van der Waals surface area contributed by atoms with E-state index in [1.807, 2.05) is 48.5 Å². The molecule has 52 heavy (non-hydrogen) atoms. The Bertz CT molecular complexity index is 2550. The maximum atomic E-state index is 14.0. The van der Waals surface area contributed by atoms with Crippen LogP contribution < -0.4 is 25.8 Å². The van der Waals surface area contributed by atoms with Crippen LogP contribution in [0.4, 0.5) is 21.9 Å². The molecule has 0 saturated carbocycles. The topological polar surface area (TPSA) is 210 Å². The highest BCUT2D eigenvalue weighted by Gasteiger charge is 2.33. The number of fused-ring (bicyclic) bond motifs is 9. The van der Waals surface area contributed by atoms with Gasteiger partial charge in [0.15, 0.2) is 6.73 Å². The van der Waals surface area contributed by atoms with Crippen molar-refractivity contribution in [1.82, 2.24) is 20.3 Å². The van der Waals surface area contributed by atoms with Crippen LogP contribution in [0.25, 0.3) is 32.7 Å². The second-order valence-electron chi connectivity index (χ2n) is 13.1. The number of nitrogens with two attached hydrogens (primary N) is 1. The number of H-pyrrole nitrogens is 3. The van der Waals surface area contributed by atoms with E-state index in [-0.39, 0.29) is 30.0 Å². The number of anilines is 3. The Kier molecular flexibility index (Phi) is 7.08. The Hall–Kier alpha value is -6.61. The normalized spacial score (nSPS) is 14.7. The minimum absolute atomic E-state index is 0.0583. The third-order valence-electron chi connectivity index (χ3n) is 10.4. The van der Waals surface area contributed by atoms with Crippen LogP contribution in [-0.4, -0.2) is 82.8 Å². The Labute approximate surface area is 294 Å². The molecule has 7 N–H and O–H groups in total. The molecule has 0 radical (unpaired) electrons. The predicted octanol–water partition coefficient (Wildman–Crippen LogP) is 3.77. The molecular formula is C37H32N8O7. The minimum atomic E-state index is -1.49. The third kappa shape index (κ3) is 4.80. The van der Waals surface area contributed by atoms with E-state index in [0.29, 0.717) is 50.3 Å². The summed E-state index contributed by atoms with van der Waals surface area (Å²) >= 11 is 0. The number of carbonyl (C=O) groups is 5. The maximum absolute atomic E-state index is 14.0. The summed E-state index contributed by atoms with van der Waals surface area (Å²) in [5, 5.41) is 13.7. The molecule has 3 aromatic heterocycles. The summed E-state index contributed by atoms with van der Waals surface area (Å²) in [7, 11) is 0. The summed E-state index contributed by atoms with van der Waals surface area (Å²) in [4.78, 5) is 78.2. The first-order valence-electron chi connectivity index (χ1n) is 16.9. The first-order chi connectivity index (χ1) is 25.2. The maximum Gasteiger partial charge on any atom is 0.507 e. The molecule has 15 heteroatoms. The molecule has 0 atom stereocenters. The van der Waals surface area contributed by atoms with Crippen LogP contribution in [0.3, 0.4) is 0 Å². The zero-order valence-corrected chi connectivity index (χ0v) is 27.7. The molecule has 6 heterocycles.